The number of pyridine rings is 1. The monoisotopic (exact) mass is 402 g/mol. The van der Waals surface area contributed by atoms with Crippen LogP contribution in [0.2, 0.25) is 0 Å². The summed E-state index contributed by atoms with van der Waals surface area (Å²) < 4.78 is 0. The zero-order chi connectivity index (χ0) is 21.6. The van der Waals surface area contributed by atoms with E-state index in [2.05, 4.69) is 16.9 Å². The first-order valence-corrected chi connectivity index (χ1v) is 8.83. The number of carbonyl (C=O) groups excluding carboxylic acids is 3. The summed E-state index contributed by atoms with van der Waals surface area (Å²) in [6, 6.07) is 9.84. The van der Waals surface area contributed by atoms with Gasteiger partial charge in [-0.1, -0.05) is 12.6 Å². The van der Waals surface area contributed by atoms with Crippen LogP contribution in [0.5, 0.6) is 5.75 Å². The van der Waals surface area contributed by atoms with Gasteiger partial charge in [0.05, 0.1) is 11.1 Å². The fourth-order valence-electron chi connectivity index (χ4n) is 3.43. The number of fused-ring (bicyclic) bond motifs is 2. The Morgan fingerprint density at radius 2 is 1.77 bits per heavy atom. The highest BCUT2D eigenvalue weighted by molar-refractivity contribution is 6.30. The highest BCUT2D eigenvalue weighted by atomic mass is 16.4. The van der Waals surface area contributed by atoms with Gasteiger partial charge in [0.2, 0.25) is 5.91 Å². The van der Waals surface area contributed by atoms with Crippen LogP contribution in [0.1, 0.15) is 42.7 Å². The van der Waals surface area contributed by atoms with Crippen molar-refractivity contribution in [2.45, 2.75) is 5.92 Å². The molecule has 0 saturated heterocycles. The van der Waals surface area contributed by atoms with E-state index in [1.807, 2.05) is 0 Å². The Kier molecular flexibility index (Phi) is 4.39. The van der Waals surface area contributed by atoms with Crippen molar-refractivity contribution in [3.05, 3.63) is 77.5 Å². The van der Waals surface area contributed by atoms with Gasteiger partial charge in [-0.05, 0) is 42.5 Å². The van der Waals surface area contributed by atoms with E-state index in [4.69, 9.17) is 5.11 Å². The number of carboxylic acid groups (broad SMARTS) is 1. The van der Waals surface area contributed by atoms with Gasteiger partial charge in [-0.3, -0.25) is 14.4 Å². The molecule has 148 valence electrons. The first-order valence-electron chi connectivity index (χ1n) is 8.83. The van der Waals surface area contributed by atoms with Gasteiger partial charge in [0.15, 0.2) is 11.6 Å². The molecule has 0 radical (unpaired) electrons. The number of benzene rings is 2. The van der Waals surface area contributed by atoms with Crippen molar-refractivity contribution in [2.24, 2.45) is 0 Å². The van der Waals surface area contributed by atoms with Gasteiger partial charge in [-0.15, -0.1) is 0 Å². The Labute approximate surface area is 169 Å². The standard InChI is InChI=1S/C22H14N2O6/c1-2-17(26)23-12-5-3-10-8-16(25)19(24-15(10)9-12)18-20(27)13-6-4-11(22(29)30)7-14(13)21(18)28/h2-9,18,25H,1H2,(H,23,26)(H,29,30). The number of nitrogens with zero attached hydrogens (tertiary/aromatic N) is 1. The van der Waals surface area contributed by atoms with Gasteiger partial charge in [-0.2, -0.15) is 0 Å². The van der Waals surface area contributed by atoms with Crippen molar-refractivity contribution >= 4 is 40.0 Å². The maximum absolute atomic E-state index is 12.9. The molecule has 1 heterocycles. The minimum absolute atomic E-state index is 0.0156. The van der Waals surface area contributed by atoms with Crippen LogP contribution in [0, 0.1) is 0 Å². The molecule has 0 bridgehead atoms. The highest BCUT2D eigenvalue weighted by Crippen LogP contribution is 2.38. The largest absolute Gasteiger partial charge is 0.506 e. The Morgan fingerprint density at radius 1 is 1.03 bits per heavy atom. The Balaban J connectivity index is 1.80. The number of carboxylic acids is 1. The molecule has 0 saturated carbocycles. The normalized spacial score (nSPS) is 15.1. The highest BCUT2D eigenvalue weighted by Gasteiger charge is 2.42. The summed E-state index contributed by atoms with van der Waals surface area (Å²) >= 11 is 0. The zero-order valence-electron chi connectivity index (χ0n) is 15.4. The molecule has 8 nitrogen and oxygen atoms in total. The molecule has 1 aliphatic carbocycles. The van der Waals surface area contributed by atoms with Crippen molar-refractivity contribution in [1.29, 1.82) is 0 Å². The number of ketones is 2. The molecule has 1 atom stereocenters. The minimum Gasteiger partial charge on any atom is -0.506 e. The van der Waals surface area contributed by atoms with E-state index in [1.165, 1.54) is 18.2 Å². The van der Waals surface area contributed by atoms with Crippen LogP contribution < -0.4 is 5.32 Å². The van der Waals surface area contributed by atoms with Crippen molar-refractivity contribution in [1.82, 2.24) is 4.98 Å². The summed E-state index contributed by atoms with van der Waals surface area (Å²) in [5.74, 6) is -4.54. The number of nitrogens with one attached hydrogen (secondary N) is 1. The Morgan fingerprint density at radius 3 is 2.47 bits per heavy atom. The smallest absolute Gasteiger partial charge is 0.335 e. The number of amides is 1. The first-order chi connectivity index (χ1) is 14.3. The van der Waals surface area contributed by atoms with E-state index < -0.39 is 29.4 Å². The van der Waals surface area contributed by atoms with E-state index in [0.717, 1.165) is 12.1 Å². The molecule has 8 heteroatoms. The molecule has 0 aliphatic heterocycles. The summed E-state index contributed by atoms with van der Waals surface area (Å²) in [6.07, 6.45) is 1.11. The molecule has 3 aromatic rings. The van der Waals surface area contributed by atoms with Gasteiger partial charge in [-0.25, -0.2) is 9.78 Å². The fourth-order valence-corrected chi connectivity index (χ4v) is 3.43. The second-order valence-electron chi connectivity index (χ2n) is 6.72. The van der Waals surface area contributed by atoms with Gasteiger partial charge in [0.1, 0.15) is 17.4 Å². The number of carbonyl (C=O) groups is 4. The molecule has 4 rings (SSSR count). The molecule has 1 amide bonds. The predicted octanol–water partition coefficient (Wildman–Crippen LogP) is 2.93. The lowest BCUT2D eigenvalue weighted by molar-refractivity contribution is -0.111. The number of hydrogen-bond acceptors (Lipinski definition) is 6. The number of hydrogen-bond donors (Lipinski definition) is 3. The molecule has 2 aromatic carbocycles. The van der Waals surface area contributed by atoms with Gasteiger partial charge in [0.25, 0.3) is 0 Å². The van der Waals surface area contributed by atoms with Crippen LogP contribution in [0.25, 0.3) is 10.9 Å². The maximum Gasteiger partial charge on any atom is 0.335 e. The maximum atomic E-state index is 12.9. The van der Waals surface area contributed by atoms with Gasteiger partial charge < -0.3 is 15.5 Å². The third-order valence-electron chi connectivity index (χ3n) is 4.87. The molecule has 30 heavy (non-hydrogen) atoms. The second-order valence-corrected chi connectivity index (χ2v) is 6.72. The quantitative estimate of drug-likeness (QED) is 0.451. The lowest BCUT2D eigenvalue weighted by Gasteiger charge is -2.11. The van der Waals surface area contributed by atoms with E-state index in [9.17, 15) is 24.3 Å². The molecular weight excluding hydrogens is 388 g/mol. The number of rotatable bonds is 4. The van der Waals surface area contributed by atoms with Gasteiger partial charge >= 0.3 is 5.97 Å². The minimum atomic E-state index is -1.38. The fraction of sp³-hybridized carbons (Fsp3) is 0.0455. The van der Waals surface area contributed by atoms with Crippen LogP contribution in [0.4, 0.5) is 5.69 Å². The topological polar surface area (TPSA) is 134 Å². The van der Waals surface area contributed by atoms with E-state index in [-0.39, 0.29) is 28.1 Å². The zero-order valence-corrected chi connectivity index (χ0v) is 15.4. The van der Waals surface area contributed by atoms with Crippen molar-refractivity contribution in [3.63, 3.8) is 0 Å². The third-order valence-corrected chi connectivity index (χ3v) is 4.87. The Bertz CT molecular complexity index is 1290. The number of aromatic nitrogens is 1. The average Bonchev–Trinajstić information content (AvgIpc) is 2.97. The lowest BCUT2D eigenvalue weighted by Crippen LogP contribution is -2.15. The molecule has 1 aromatic heterocycles. The molecule has 1 aliphatic rings. The van der Waals surface area contributed by atoms with E-state index in [0.29, 0.717) is 16.6 Å². The summed E-state index contributed by atoms with van der Waals surface area (Å²) in [5, 5.41) is 22.7. The Hall–Kier alpha value is -4.33. The van der Waals surface area contributed by atoms with Crippen molar-refractivity contribution in [2.75, 3.05) is 5.32 Å². The van der Waals surface area contributed by atoms with Crippen molar-refractivity contribution in [3.8, 4) is 5.75 Å². The molecular formula is C22H14N2O6. The molecule has 0 fully saturated rings. The summed E-state index contributed by atoms with van der Waals surface area (Å²) in [6.45, 7) is 3.38. The van der Waals surface area contributed by atoms with Crippen LogP contribution in [-0.2, 0) is 4.79 Å². The predicted molar refractivity (Wildman–Crippen MR) is 107 cm³/mol. The van der Waals surface area contributed by atoms with Crippen LogP contribution in [0.3, 0.4) is 0 Å². The summed E-state index contributed by atoms with van der Waals surface area (Å²) in [5.41, 5.74) is 0.607. The SMILES string of the molecule is C=CC(=O)Nc1ccc2cc(O)c(C3C(=O)c4ccc(C(=O)O)cc4C3=O)nc2c1. The van der Waals surface area contributed by atoms with E-state index >= 15 is 0 Å². The lowest BCUT2D eigenvalue weighted by atomic mass is 9.97. The average molecular weight is 402 g/mol. The van der Waals surface area contributed by atoms with Crippen molar-refractivity contribution < 1.29 is 29.4 Å². The number of anilines is 1. The first kappa shape index (κ1) is 19.0. The van der Waals surface area contributed by atoms with Crippen LogP contribution >= 0.6 is 0 Å². The number of Topliss-reactive ketones (excluding diaryl/α,β-unsaturated/α-hetero) is 2. The number of aromatic carboxylic acids is 1. The number of aromatic hydroxyl groups is 1. The summed E-state index contributed by atoms with van der Waals surface area (Å²) in [4.78, 5) is 52.7. The second kappa shape index (κ2) is 6.93. The summed E-state index contributed by atoms with van der Waals surface area (Å²) in [7, 11) is 0. The van der Waals surface area contributed by atoms with Gasteiger partial charge in [0, 0.05) is 22.2 Å². The van der Waals surface area contributed by atoms with Crippen LogP contribution in [0.15, 0.2) is 55.1 Å². The van der Waals surface area contributed by atoms with E-state index in [1.54, 1.807) is 18.2 Å². The molecule has 3 N–H and O–H groups in total. The van der Waals surface area contributed by atoms with Crippen LogP contribution in [-0.4, -0.2) is 38.6 Å². The molecule has 1 unspecified atom stereocenters. The molecule has 0 spiro atoms. The third kappa shape index (κ3) is 3.00.